The van der Waals surface area contributed by atoms with Crippen LogP contribution >= 0.6 is 15.9 Å². The number of halogens is 1. The number of anilines is 1. The molecule has 170 valence electrons. The van der Waals surface area contributed by atoms with Gasteiger partial charge in [-0.15, -0.1) is 0 Å². The molecule has 1 aliphatic carbocycles. The zero-order chi connectivity index (χ0) is 22.9. The van der Waals surface area contributed by atoms with Crippen LogP contribution in [0.15, 0.2) is 57.9 Å². The minimum absolute atomic E-state index is 0.120. The predicted molar refractivity (Wildman–Crippen MR) is 124 cm³/mol. The van der Waals surface area contributed by atoms with Crippen LogP contribution < -0.4 is 9.64 Å². The number of sulfonamides is 1. The maximum atomic E-state index is 13.7. The van der Waals surface area contributed by atoms with Gasteiger partial charge in [0.1, 0.15) is 11.8 Å². The Balaban J connectivity index is 1.71. The summed E-state index contributed by atoms with van der Waals surface area (Å²) in [6.07, 6.45) is 4.02. The topological polar surface area (TPSA) is 84.0 Å². The molecule has 1 heterocycles. The van der Waals surface area contributed by atoms with E-state index in [1.165, 1.54) is 23.5 Å². The van der Waals surface area contributed by atoms with Crippen molar-refractivity contribution >= 4 is 43.5 Å². The lowest BCUT2D eigenvalue weighted by Crippen LogP contribution is -2.51. The molecule has 0 bridgehead atoms. The molecule has 4 rings (SSSR count). The average Bonchev–Trinajstić information content (AvgIpc) is 3.08. The van der Waals surface area contributed by atoms with Gasteiger partial charge in [-0.05, 0) is 61.4 Å². The molecule has 9 heteroatoms. The Kier molecular flexibility index (Phi) is 6.69. The molecular formula is C23H25BrN2O5S. The molecule has 0 aromatic heterocycles. The van der Waals surface area contributed by atoms with Crippen molar-refractivity contribution in [3.05, 3.63) is 53.0 Å². The van der Waals surface area contributed by atoms with Crippen molar-refractivity contribution in [2.24, 2.45) is 0 Å². The van der Waals surface area contributed by atoms with Gasteiger partial charge in [0.25, 0.3) is 5.91 Å². The fraction of sp³-hybridized carbons (Fsp3) is 0.391. The molecule has 2 amide bonds. The van der Waals surface area contributed by atoms with Gasteiger partial charge in [-0.25, -0.2) is 13.3 Å². The van der Waals surface area contributed by atoms with Crippen molar-refractivity contribution in [3.63, 3.8) is 0 Å². The number of amides is 2. The minimum atomic E-state index is -3.98. The monoisotopic (exact) mass is 520 g/mol. The molecule has 1 saturated heterocycles. The van der Waals surface area contributed by atoms with E-state index in [4.69, 9.17) is 4.74 Å². The first-order chi connectivity index (χ1) is 15.3. The largest absolute Gasteiger partial charge is 0.497 e. The molecule has 32 heavy (non-hydrogen) atoms. The third-order valence-corrected chi connectivity index (χ3v) is 8.59. The van der Waals surface area contributed by atoms with Gasteiger partial charge in [0.05, 0.1) is 24.1 Å². The number of rotatable bonds is 6. The molecule has 1 aliphatic heterocycles. The molecule has 1 saturated carbocycles. The Morgan fingerprint density at radius 1 is 0.969 bits per heavy atom. The zero-order valence-electron chi connectivity index (χ0n) is 17.7. The number of benzene rings is 2. The molecule has 2 aromatic carbocycles. The molecule has 2 aliphatic rings. The fourth-order valence-electron chi connectivity index (χ4n) is 4.50. The van der Waals surface area contributed by atoms with Gasteiger partial charge in [0.15, 0.2) is 0 Å². The first kappa shape index (κ1) is 22.9. The standard InChI is InChI=1S/C23H25BrN2O5S/c1-31-19-11-9-17(10-12-19)25-22(27)15-21(23(25)28)26(18-5-3-2-4-6-18)32(29,30)20-13-7-16(24)8-14-20/h7-14,18,21H,2-6,15H2,1H3. The number of carbonyl (C=O) groups is 2. The number of methoxy groups -OCH3 is 1. The summed E-state index contributed by atoms with van der Waals surface area (Å²) < 4.78 is 34.7. The molecule has 2 aromatic rings. The summed E-state index contributed by atoms with van der Waals surface area (Å²) in [5, 5.41) is 0. The van der Waals surface area contributed by atoms with E-state index in [2.05, 4.69) is 15.9 Å². The maximum Gasteiger partial charge on any atom is 0.252 e. The second-order valence-electron chi connectivity index (χ2n) is 8.07. The van der Waals surface area contributed by atoms with Crippen LogP contribution in [-0.4, -0.2) is 43.7 Å². The van der Waals surface area contributed by atoms with Crippen molar-refractivity contribution in [3.8, 4) is 5.75 Å². The van der Waals surface area contributed by atoms with Crippen LogP contribution in [0.5, 0.6) is 5.75 Å². The van der Waals surface area contributed by atoms with Gasteiger partial charge in [0, 0.05) is 10.5 Å². The number of ether oxygens (including phenoxy) is 1. The van der Waals surface area contributed by atoms with E-state index in [0.717, 1.165) is 28.6 Å². The molecule has 1 atom stereocenters. The maximum absolute atomic E-state index is 13.7. The Labute approximate surface area is 196 Å². The van der Waals surface area contributed by atoms with Crippen LogP contribution in [0.1, 0.15) is 38.5 Å². The van der Waals surface area contributed by atoms with Crippen LogP contribution in [0.25, 0.3) is 0 Å². The highest BCUT2D eigenvalue weighted by Gasteiger charge is 2.49. The van der Waals surface area contributed by atoms with Crippen molar-refractivity contribution < 1.29 is 22.7 Å². The van der Waals surface area contributed by atoms with E-state index in [0.29, 0.717) is 24.3 Å². The summed E-state index contributed by atoms with van der Waals surface area (Å²) in [7, 11) is -2.45. The third-order valence-electron chi connectivity index (χ3n) is 6.08. The Bertz CT molecular complexity index is 1100. The highest BCUT2D eigenvalue weighted by Crippen LogP contribution is 2.35. The summed E-state index contributed by atoms with van der Waals surface area (Å²) in [5.74, 6) is -0.311. The van der Waals surface area contributed by atoms with Gasteiger partial charge in [-0.2, -0.15) is 4.31 Å². The molecule has 0 N–H and O–H groups in total. The van der Waals surface area contributed by atoms with E-state index >= 15 is 0 Å². The number of imide groups is 1. The van der Waals surface area contributed by atoms with Gasteiger partial charge in [0.2, 0.25) is 15.9 Å². The number of carbonyl (C=O) groups excluding carboxylic acids is 2. The second-order valence-corrected chi connectivity index (χ2v) is 10.8. The lowest BCUT2D eigenvalue weighted by molar-refractivity contribution is -0.122. The summed E-state index contributed by atoms with van der Waals surface area (Å²) >= 11 is 3.33. The second kappa shape index (κ2) is 9.33. The van der Waals surface area contributed by atoms with Crippen LogP contribution in [0.2, 0.25) is 0 Å². The van der Waals surface area contributed by atoms with Gasteiger partial charge >= 0.3 is 0 Å². The van der Waals surface area contributed by atoms with Gasteiger partial charge in [-0.1, -0.05) is 35.2 Å². The summed E-state index contributed by atoms with van der Waals surface area (Å²) in [5.41, 5.74) is 0.410. The highest BCUT2D eigenvalue weighted by atomic mass is 79.9. The summed E-state index contributed by atoms with van der Waals surface area (Å²) in [4.78, 5) is 27.6. The number of hydrogen-bond acceptors (Lipinski definition) is 5. The molecular weight excluding hydrogens is 496 g/mol. The van der Waals surface area contributed by atoms with Crippen LogP contribution in [0.4, 0.5) is 5.69 Å². The summed E-state index contributed by atoms with van der Waals surface area (Å²) in [6, 6.07) is 11.6. The molecule has 2 fully saturated rings. The lowest BCUT2D eigenvalue weighted by atomic mass is 9.94. The first-order valence-corrected chi connectivity index (χ1v) is 12.9. The van der Waals surface area contributed by atoms with Crippen molar-refractivity contribution in [1.82, 2.24) is 4.31 Å². The quantitative estimate of drug-likeness (QED) is 0.535. The smallest absolute Gasteiger partial charge is 0.252 e. The lowest BCUT2D eigenvalue weighted by Gasteiger charge is -2.36. The SMILES string of the molecule is COc1ccc(N2C(=O)CC(N(C3CCCCC3)S(=O)(=O)c3ccc(Br)cc3)C2=O)cc1. The van der Waals surface area contributed by atoms with Crippen LogP contribution in [0, 0.1) is 0 Å². The van der Waals surface area contributed by atoms with E-state index in [1.807, 2.05) is 0 Å². The fourth-order valence-corrected chi connectivity index (χ4v) is 6.59. The minimum Gasteiger partial charge on any atom is -0.497 e. The first-order valence-electron chi connectivity index (χ1n) is 10.6. The van der Waals surface area contributed by atoms with Crippen molar-refractivity contribution in [1.29, 1.82) is 0 Å². The van der Waals surface area contributed by atoms with Gasteiger partial charge < -0.3 is 4.74 Å². The van der Waals surface area contributed by atoms with E-state index < -0.39 is 27.9 Å². The number of hydrogen-bond donors (Lipinski definition) is 0. The van der Waals surface area contributed by atoms with Crippen molar-refractivity contribution in [2.75, 3.05) is 12.0 Å². The highest BCUT2D eigenvalue weighted by molar-refractivity contribution is 9.10. The van der Waals surface area contributed by atoms with E-state index in [-0.39, 0.29) is 17.4 Å². The Morgan fingerprint density at radius 2 is 1.59 bits per heavy atom. The zero-order valence-corrected chi connectivity index (χ0v) is 20.1. The predicted octanol–water partition coefficient (Wildman–Crippen LogP) is 4.11. The summed E-state index contributed by atoms with van der Waals surface area (Å²) in [6.45, 7) is 0. The van der Waals surface area contributed by atoms with Gasteiger partial charge in [-0.3, -0.25) is 9.59 Å². The Morgan fingerprint density at radius 3 is 2.19 bits per heavy atom. The van der Waals surface area contributed by atoms with Crippen LogP contribution in [0.3, 0.4) is 0 Å². The number of nitrogens with zero attached hydrogens (tertiary/aromatic N) is 2. The molecule has 1 unspecified atom stereocenters. The van der Waals surface area contributed by atoms with E-state index in [1.54, 1.807) is 36.4 Å². The third kappa shape index (κ3) is 4.33. The average molecular weight is 521 g/mol. The van der Waals surface area contributed by atoms with E-state index in [9.17, 15) is 18.0 Å². The molecule has 0 spiro atoms. The van der Waals surface area contributed by atoms with Crippen LogP contribution in [-0.2, 0) is 19.6 Å². The molecule has 7 nitrogen and oxygen atoms in total. The normalized spacial score (nSPS) is 20.2. The van der Waals surface area contributed by atoms with Crippen molar-refractivity contribution in [2.45, 2.75) is 55.5 Å². The Hall–Kier alpha value is -2.23. The molecule has 0 radical (unpaired) electrons.